The molecular weight excluding hydrogens is 292 g/mol. The van der Waals surface area contributed by atoms with Crippen molar-refractivity contribution in [3.05, 3.63) is 35.4 Å². The Kier molecular flexibility index (Phi) is 6.80. The Morgan fingerprint density at radius 2 is 1.87 bits per heavy atom. The normalized spacial score (nSPS) is 12.1. The van der Waals surface area contributed by atoms with E-state index in [1.807, 2.05) is 12.1 Å². The van der Waals surface area contributed by atoms with E-state index < -0.39 is 6.04 Å². The van der Waals surface area contributed by atoms with E-state index >= 15 is 0 Å². The van der Waals surface area contributed by atoms with Gasteiger partial charge in [0.15, 0.2) is 0 Å². The monoisotopic (exact) mass is 316 g/mol. The Hall–Kier alpha value is -2.32. The van der Waals surface area contributed by atoms with Crippen molar-refractivity contribution >= 4 is 11.8 Å². The van der Waals surface area contributed by atoms with Crippen LogP contribution in [0.15, 0.2) is 24.3 Å². The van der Waals surface area contributed by atoms with Crippen LogP contribution in [0.4, 0.5) is 0 Å². The van der Waals surface area contributed by atoms with Gasteiger partial charge >= 0.3 is 0 Å². The summed E-state index contributed by atoms with van der Waals surface area (Å²) in [6.07, 6.45) is 5.38. The number of aliphatic hydroxyl groups excluding tert-OH is 1. The number of carbonyl (C=O) groups is 2. The summed E-state index contributed by atoms with van der Waals surface area (Å²) in [5.74, 6) is 1.66. The average Bonchev–Trinajstić information content (AvgIpc) is 2.51. The van der Waals surface area contributed by atoms with E-state index in [0.29, 0.717) is 5.56 Å². The van der Waals surface area contributed by atoms with Gasteiger partial charge < -0.3 is 15.7 Å². The van der Waals surface area contributed by atoms with E-state index in [1.165, 1.54) is 0 Å². The predicted molar refractivity (Wildman–Crippen MR) is 89.9 cm³/mol. The molecule has 5 heteroatoms. The van der Waals surface area contributed by atoms with E-state index in [9.17, 15) is 9.59 Å². The van der Waals surface area contributed by atoms with Crippen molar-refractivity contribution in [2.75, 3.05) is 13.2 Å². The summed E-state index contributed by atoms with van der Waals surface area (Å²) in [7, 11) is 0. The van der Waals surface area contributed by atoms with Gasteiger partial charge in [-0.2, -0.15) is 0 Å². The minimum Gasteiger partial charge on any atom is -0.394 e. The molecule has 5 nitrogen and oxygen atoms in total. The molecule has 0 heterocycles. The maximum atomic E-state index is 12.0. The molecule has 0 aliphatic carbocycles. The lowest BCUT2D eigenvalue weighted by atomic mass is 9.87. The van der Waals surface area contributed by atoms with Crippen LogP contribution in [0.1, 0.15) is 43.1 Å². The molecule has 2 amide bonds. The summed E-state index contributed by atoms with van der Waals surface area (Å²) >= 11 is 0. The number of benzene rings is 1. The van der Waals surface area contributed by atoms with E-state index in [0.717, 1.165) is 5.56 Å². The van der Waals surface area contributed by atoms with E-state index in [1.54, 1.807) is 12.1 Å². The second kappa shape index (κ2) is 8.35. The highest BCUT2D eigenvalue weighted by atomic mass is 16.3. The minimum atomic E-state index is -0.490. The Balaban J connectivity index is 2.54. The van der Waals surface area contributed by atoms with Crippen molar-refractivity contribution in [2.45, 2.75) is 38.6 Å². The van der Waals surface area contributed by atoms with Crippen LogP contribution < -0.4 is 10.6 Å². The molecule has 23 heavy (non-hydrogen) atoms. The first-order valence-electron chi connectivity index (χ1n) is 7.50. The summed E-state index contributed by atoms with van der Waals surface area (Å²) in [6.45, 7) is 5.89. The third kappa shape index (κ3) is 6.13. The zero-order valence-corrected chi connectivity index (χ0v) is 13.8. The molecule has 0 saturated heterocycles. The van der Waals surface area contributed by atoms with Crippen LogP contribution in [-0.4, -0.2) is 36.1 Å². The number of amides is 2. The standard InChI is InChI=1S/C18H24N2O3/c1-5-6-15(12-21)20-16(22)11-19-17(23)13-7-9-14(10-8-13)18(2,3)4/h1,7-10,15,21H,6,11-12H2,2-4H3,(H,19,23)(H,20,22). The van der Waals surface area contributed by atoms with E-state index in [-0.39, 0.29) is 36.8 Å². The highest BCUT2D eigenvalue weighted by molar-refractivity contribution is 5.96. The van der Waals surface area contributed by atoms with Crippen molar-refractivity contribution in [2.24, 2.45) is 0 Å². The minimum absolute atomic E-state index is 0.0191. The summed E-state index contributed by atoms with van der Waals surface area (Å²) in [4.78, 5) is 23.7. The molecule has 1 unspecified atom stereocenters. The van der Waals surface area contributed by atoms with Crippen molar-refractivity contribution in [3.8, 4) is 12.3 Å². The third-order valence-corrected chi connectivity index (χ3v) is 3.37. The third-order valence-electron chi connectivity index (χ3n) is 3.37. The summed E-state index contributed by atoms with van der Waals surface area (Å²) < 4.78 is 0. The van der Waals surface area contributed by atoms with Crippen molar-refractivity contribution < 1.29 is 14.7 Å². The quantitative estimate of drug-likeness (QED) is 0.690. The van der Waals surface area contributed by atoms with E-state index in [4.69, 9.17) is 11.5 Å². The van der Waals surface area contributed by atoms with Gasteiger partial charge in [-0.25, -0.2) is 0 Å². The number of rotatable bonds is 6. The van der Waals surface area contributed by atoms with Gasteiger partial charge in [0.05, 0.1) is 19.2 Å². The molecule has 1 aromatic rings. The Morgan fingerprint density at radius 3 is 2.35 bits per heavy atom. The van der Waals surface area contributed by atoms with Crippen molar-refractivity contribution in [1.29, 1.82) is 0 Å². The van der Waals surface area contributed by atoms with Gasteiger partial charge in [0.2, 0.25) is 5.91 Å². The maximum Gasteiger partial charge on any atom is 0.251 e. The molecule has 124 valence electrons. The second-order valence-electron chi connectivity index (χ2n) is 6.37. The lowest BCUT2D eigenvalue weighted by Crippen LogP contribution is -2.43. The first-order chi connectivity index (χ1) is 10.8. The molecule has 0 saturated carbocycles. The topological polar surface area (TPSA) is 78.4 Å². The Bertz CT molecular complexity index is 580. The number of carbonyl (C=O) groups excluding carboxylic acids is 2. The second-order valence-corrected chi connectivity index (χ2v) is 6.37. The molecule has 0 aromatic heterocycles. The average molecular weight is 316 g/mol. The van der Waals surface area contributed by atoms with Gasteiger partial charge in [0, 0.05) is 12.0 Å². The van der Waals surface area contributed by atoms with Crippen molar-refractivity contribution in [3.63, 3.8) is 0 Å². The SMILES string of the molecule is C#CCC(CO)NC(=O)CNC(=O)c1ccc(C(C)(C)C)cc1. The molecule has 1 atom stereocenters. The number of hydrogen-bond acceptors (Lipinski definition) is 3. The fraction of sp³-hybridized carbons (Fsp3) is 0.444. The van der Waals surface area contributed by atoms with Crippen molar-refractivity contribution in [1.82, 2.24) is 10.6 Å². The van der Waals surface area contributed by atoms with E-state index in [2.05, 4.69) is 37.3 Å². The molecule has 0 bridgehead atoms. The molecule has 0 spiro atoms. The summed E-state index contributed by atoms with van der Waals surface area (Å²) in [5, 5.41) is 14.2. The molecular formula is C18H24N2O3. The van der Waals surface area contributed by atoms with Crippen LogP contribution >= 0.6 is 0 Å². The molecule has 0 aliphatic rings. The van der Waals surface area contributed by atoms with Crippen LogP contribution in [0.2, 0.25) is 0 Å². The summed E-state index contributed by atoms with van der Waals surface area (Å²) in [6, 6.07) is 6.80. The van der Waals surface area contributed by atoms with Crippen LogP contribution in [-0.2, 0) is 10.2 Å². The Morgan fingerprint density at radius 1 is 1.26 bits per heavy atom. The highest BCUT2D eigenvalue weighted by Gasteiger charge is 2.15. The molecule has 1 rings (SSSR count). The number of nitrogens with one attached hydrogen (secondary N) is 2. The zero-order chi connectivity index (χ0) is 17.5. The molecule has 1 aromatic carbocycles. The maximum absolute atomic E-state index is 12.0. The van der Waals surface area contributed by atoms with Gasteiger partial charge in [-0.3, -0.25) is 9.59 Å². The highest BCUT2D eigenvalue weighted by Crippen LogP contribution is 2.22. The molecule has 0 aliphatic heterocycles. The van der Waals surface area contributed by atoms with Crippen LogP contribution in [0, 0.1) is 12.3 Å². The lowest BCUT2D eigenvalue weighted by Gasteiger charge is -2.19. The van der Waals surface area contributed by atoms with Crippen LogP contribution in [0.25, 0.3) is 0 Å². The van der Waals surface area contributed by atoms with Gasteiger partial charge in [-0.1, -0.05) is 32.9 Å². The fourth-order valence-corrected chi connectivity index (χ4v) is 1.97. The predicted octanol–water partition coefficient (Wildman–Crippen LogP) is 1.21. The number of aliphatic hydroxyl groups is 1. The smallest absolute Gasteiger partial charge is 0.251 e. The summed E-state index contributed by atoms with van der Waals surface area (Å²) in [5.41, 5.74) is 1.64. The zero-order valence-electron chi connectivity index (χ0n) is 13.8. The fourth-order valence-electron chi connectivity index (χ4n) is 1.97. The molecule has 0 fully saturated rings. The van der Waals surface area contributed by atoms with Gasteiger partial charge in [-0.15, -0.1) is 12.3 Å². The molecule has 3 N–H and O–H groups in total. The van der Waals surface area contributed by atoms with Gasteiger partial charge in [0.1, 0.15) is 0 Å². The van der Waals surface area contributed by atoms with Gasteiger partial charge in [0.25, 0.3) is 5.91 Å². The first kappa shape index (κ1) is 18.7. The van der Waals surface area contributed by atoms with Crippen LogP contribution in [0.5, 0.6) is 0 Å². The largest absolute Gasteiger partial charge is 0.394 e. The number of hydrogen-bond donors (Lipinski definition) is 3. The van der Waals surface area contributed by atoms with Crippen LogP contribution in [0.3, 0.4) is 0 Å². The Labute approximate surface area is 137 Å². The first-order valence-corrected chi connectivity index (χ1v) is 7.50. The van der Waals surface area contributed by atoms with Gasteiger partial charge in [-0.05, 0) is 23.1 Å². The lowest BCUT2D eigenvalue weighted by molar-refractivity contribution is -0.121. The molecule has 0 radical (unpaired) electrons. The number of terminal acetylenes is 1.